The molecule has 13 heavy (non-hydrogen) atoms. The Hall–Kier alpha value is -1.62. The quantitative estimate of drug-likeness (QED) is 0.608. The fourth-order valence-corrected chi connectivity index (χ4v) is 0.853. The predicted octanol–water partition coefficient (Wildman–Crippen LogP) is -0.626. The smallest absolute Gasteiger partial charge is 0.349 e. The summed E-state index contributed by atoms with van der Waals surface area (Å²) < 4.78 is 1.33. The molecule has 0 fully saturated rings. The van der Waals surface area contributed by atoms with Crippen LogP contribution in [0.25, 0.3) is 0 Å². The van der Waals surface area contributed by atoms with Gasteiger partial charge in [0, 0.05) is 6.20 Å². The maximum absolute atomic E-state index is 11.1. The summed E-state index contributed by atoms with van der Waals surface area (Å²) in [6, 6.07) is 1.52. The first-order chi connectivity index (χ1) is 6.13. The van der Waals surface area contributed by atoms with E-state index in [-0.39, 0.29) is 19.0 Å². The molecule has 70 valence electrons. The molecule has 0 aliphatic heterocycles. The lowest BCUT2D eigenvalue weighted by atomic mass is 10.3. The molecule has 0 aliphatic carbocycles. The summed E-state index contributed by atoms with van der Waals surface area (Å²) in [7, 11) is 0. The molecule has 1 rings (SSSR count). The summed E-state index contributed by atoms with van der Waals surface area (Å²) in [4.78, 5) is 14.7. The van der Waals surface area contributed by atoms with Crippen LogP contribution in [0.4, 0.5) is 5.82 Å². The van der Waals surface area contributed by atoms with Crippen molar-refractivity contribution in [2.45, 2.75) is 6.54 Å². The summed E-state index contributed by atoms with van der Waals surface area (Å²) >= 11 is 0. The van der Waals surface area contributed by atoms with Gasteiger partial charge in [-0.15, -0.1) is 0 Å². The minimum atomic E-state index is -0.436. The van der Waals surface area contributed by atoms with Gasteiger partial charge in [0.15, 0.2) is 0 Å². The molecular formula is C8H11N3O2. The molecule has 1 heterocycles. The van der Waals surface area contributed by atoms with Gasteiger partial charge in [0.1, 0.15) is 5.82 Å². The van der Waals surface area contributed by atoms with E-state index in [0.717, 1.165) is 0 Å². The zero-order chi connectivity index (χ0) is 9.84. The lowest BCUT2D eigenvalue weighted by Gasteiger charge is -2.04. The van der Waals surface area contributed by atoms with Crippen LogP contribution in [0.1, 0.15) is 0 Å². The Balaban J connectivity index is 2.90. The lowest BCUT2D eigenvalue weighted by Crippen LogP contribution is -2.24. The van der Waals surface area contributed by atoms with E-state index in [9.17, 15) is 4.79 Å². The zero-order valence-electron chi connectivity index (χ0n) is 7.10. The third kappa shape index (κ3) is 2.41. The van der Waals surface area contributed by atoms with Gasteiger partial charge < -0.3 is 10.8 Å². The number of nitrogen functional groups attached to an aromatic ring is 1. The van der Waals surface area contributed by atoms with Crippen molar-refractivity contribution in [2.24, 2.45) is 0 Å². The number of aliphatic hydroxyl groups is 1. The molecule has 0 unspecified atom stereocenters. The van der Waals surface area contributed by atoms with Crippen LogP contribution >= 0.6 is 0 Å². The van der Waals surface area contributed by atoms with Gasteiger partial charge >= 0.3 is 5.69 Å². The number of nitrogens with zero attached hydrogens (tertiary/aromatic N) is 2. The number of aliphatic hydroxyl groups excluding tert-OH is 1. The van der Waals surface area contributed by atoms with Crippen molar-refractivity contribution in [3.05, 3.63) is 34.9 Å². The molecule has 5 nitrogen and oxygen atoms in total. The second-order valence-corrected chi connectivity index (χ2v) is 2.67. The van der Waals surface area contributed by atoms with Crippen LogP contribution in [0.5, 0.6) is 0 Å². The third-order valence-corrected chi connectivity index (χ3v) is 1.51. The normalized spacial score (nSPS) is 9.92. The number of rotatable bonds is 3. The monoisotopic (exact) mass is 181 g/mol. The van der Waals surface area contributed by atoms with E-state index in [0.29, 0.717) is 5.57 Å². The lowest BCUT2D eigenvalue weighted by molar-refractivity contribution is 0.324. The molecule has 1 aromatic rings. The SMILES string of the molecule is C=C(CO)Cn1ccc(N)nc1=O. The van der Waals surface area contributed by atoms with E-state index in [1.165, 1.54) is 16.8 Å². The Kier molecular flexibility index (Phi) is 2.81. The van der Waals surface area contributed by atoms with E-state index >= 15 is 0 Å². The minimum absolute atomic E-state index is 0.142. The van der Waals surface area contributed by atoms with Gasteiger partial charge in [0.05, 0.1) is 13.2 Å². The van der Waals surface area contributed by atoms with Gasteiger partial charge in [-0.2, -0.15) is 4.98 Å². The standard InChI is InChI=1S/C8H11N3O2/c1-6(5-12)4-11-3-2-7(9)10-8(11)13/h2-3,12H,1,4-5H2,(H2,9,10,13). The van der Waals surface area contributed by atoms with E-state index < -0.39 is 5.69 Å². The number of nitrogens with two attached hydrogens (primary N) is 1. The van der Waals surface area contributed by atoms with Crippen molar-refractivity contribution < 1.29 is 5.11 Å². The fourth-order valence-electron chi connectivity index (χ4n) is 0.853. The molecule has 3 N–H and O–H groups in total. The van der Waals surface area contributed by atoms with E-state index in [1.54, 1.807) is 0 Å². The highest BCUT2D eigenvalue weighted by Gasteiger charge is 1.98. The minimum Gasteiger partial charge on any atom is -0.392 e. The van der Waals surface area contributed by atoms with Crippen LogP contribution in [0, 0.1) is 0 Å². The highest BCUT2D eigenvalue weighted by Crippen LogP contribution is 1.94. The number of aromatic nitrogens is 2. The first kappa shape index (κ1) is 9.47. The molecule has 0 saturated heterocycles. The molecule has 0 spiro atoms. The van der Waals surface area contributed by atoms with Crippen LogP contribution in [-0.2, 0) is 6.54 Å². The molecule has 1 aromatic heterocycles. The molecule has 0 amide bonds. The number of anilines is 1. The van der Waals surface area contributed by atoms with Gasteiger partial charge in [-0.25, -0.2) is 4.79 Å². The Bertz CT molecular complexity index is 370. The average molecular weight is 181 g/mol. The van der Waals surface area contributed by atoms with Crippen molar-refractivity contribution in [1.29, 1.82) is 0 Å². The van der Waals surface area contributed by atoms with Crippen LogP contribution in [0.3, 0.4) is 0 Å². The first-order valence-corrected chi connectivity index (χ1v) is 3.74. The Labute approximate surface area is 75.1 Å². The summed E-state index contributed by atoms with van der Waals surface area (Å²) in [5.41, 5.74) is 5.41. The summed E-state index contributed by atoms with van der Waals surface area (Å²) in [6.45, 7) is 3.69. The van der Waals surface area contributed by atoms with Crippen LogP contribution in [-0.4, -0.2) is 21.3 Å². The second-order valence-electron chi connectivity index (χ2n) is 2.67. The van der Waals surface area contributed by atoms with Crippen molar-refractivity contribution in [2.75, 3.05) is 12.3 Å². The molecular weight excluding hydrogens is 170 g/mol. The van der Waals surface area contributed by atoms with E-state index in [1.807, 2.05) is 0 Å². The van der Waals surface area contributed by atoms with Gasteiger partial charge in [0.25, 0.3) is 0 Å². The molecule has 0 aliphatic rings. The number of hydrogen-bond acceptors (Lipinski definition) is 4. The van der Waals surface area contributed by atoms with Crippen molar-refractivity contribution in [3.8, 4) is 0 Å². The van der Waals surface area contributed by atoms with Crippen molar-refractivity contribution in [3.63, 3.8) is 0 Å². The predicted molar refractivity (Wildman–Crippen MR) is 49.1 cm³/mol. The first-order valence-electron chi connectivity index (χ1n) is 3.74. The molecule has 5 heteroatoms. The van der Waals surface area contributed by atoms with Gasteiger partial charge in [0.2, 0.25) is 0 Å². The van der Waals surface area contributed by atoms with Crippen LogP contribution in [0.15, 0.2) is 29.2 Å². The Morgan fingerprint density at radius 3 is 3.00 bits per heavy atom. The largest absolute Gasteiger partial charge is 0.392 e. The molecule has 0 saturated carbocycles. The topological polar surface area (TPSA) is 81.1 Å². The van der Waals surface area contributed by atoms with Gasteiger partial charge in [-0.1, -0.05) is 6.58 Å². The summed E-state index contributed by atoms with van der Waals surface area (Å²) in [5, 5.41) is 8.68. The Morgan fingerprint density at radius 1 is 1.77 bits per heavy atom. The molecule has 0 radical (unpaired) electrons. The van der Waals surface area contributed by atoms with Crippen molar-refractivity contribution >= 4 is 5.82 Å². The van der Waals surface area contributed by atoms with Gasteiger partial charge in [-0.3, -0.25) is 4.57 Å². The van der Waals surface area contributed by atoms with Crippen LogP contribution in [0.2, 0.25) is 0 Å². The van der Waals surface area contributed by atoms with Gasteiger partial charge in [-0.05, 0) is 11.6 Å². The molecule has 0 bridgehead atoms. The maximum atomic E-state index is 11.1. The van der Waals surface area contributed by atoms with Crippen LogP contribution < -0.4 is 11.4 Å². The average Bonchev–Trinajstić information content (AvgIpc) is 2.09. The summed E-state index contributed by atoms with van der Waals surface area (Å²) in [6.07, 6.45) is 1.52. The molecule has 0 aromatic carbocycles. The van der Waals surface area contributed by atoms with E-state index in [2.05, 4.69) is 11.6 Å². The van der Waals surface area contributed by atoms with Crippen molar-refractivity contribution in [1.82, 2.24) is 9.55 Å². The maximum Gasteiger partial charge on any atom is 0.349 e. The zero-order valence-corrected chi connectivity index (χ0v) is 7.10. The van der Waals surface area contributed by atoms with E-state index in [4.69, 9.17) is 10.8 Å². The fraction of sp³-hybridized carbons (Fsp3) is 0.250. The Morgan fingerprint density at radius 2 is 2.46 bits per heavy atom. The molecule has 0 atom stereocenters. The highest BCUT2D eigenvalue weighted by molar-refractivity contribution is 5.23. The second kappa shape index (κ2) is 3.86. The third-order valence-electron chi connectivity index (χ3n) is 1.51. The highest BCUT2D eigenvalue weighted by atomic mass is 16.3. The number of hydrogen-bond donors (Lipinski definition) is 2. The summed E-state index contributed by atoms with van der Waals surface area (Å²) in [5.74, 6) is 0.191.